The van der Waals surface area contributed by atoms with Crippen molar-refractivity contribution in [2.45, 2.75) is 6.92 Å². The summed E-state index contributed by atoms with van der Waals surface area (Å²) < 4.78 is 0. The minimum absolute atomic E-state index is 0.653. The van der Waals surface area contributed by atoms with Crippen molar-refractivity contribution in [2.24, 2.45) is 9.98 Å². The molecule has 0 amide bonds. The lowest BCUT2D eigenvalue weighted by Crippen LogP contribution is -2.04. The summed E-state index contributed by atoms with van der Waals surface area (Å²) in [6.45, 7) is 6.06. The van der Waals surface area contributed by atoms with E-state index < -0.39 is 0 Å². The first kappa shape index (κ1) is 25.9. The topological polar surface area (TPSA) is 24.7 Å². The fraction of sp³-hybridized carbons (Fsp3) is 0.0256. The van der Waals surface area contributed by atoms with Crippen LogP contribution in [0.3, 0.4) is 0 Å². The van der Waals surface area contributed by atoms with Gasteiger partial charge in [-0.15, -0.1) is 0 Å². The number of fused-ring (bicyclic) bond motifs is 2. The highest BCUT2D eigenvalue weighted by Gasteiger charge is 2.14. The van der Waals surface area contributed by atoms with E-state index in [1.165, 1.54) is 21.9 Å². The van der Waals surface area contributed by atoms with Crippen LogP contribution in [-0.4, -0.2) is 11.5 Å². The molecule has 2 heteroatoms. The van der Waals surface area contributed by atoms with Crippen LogP contribution in [0.25, 0.3) is 38.4 Å². The Morgan fingerprint density at radius 3 is 1.95 bits per heavy atom. The first-order chi connectivity index (χ1) is 20.2. The van der Waals surface area contributed by atoms with Crippen LogP contribution in [0.5, 0.6) is 0 Å². The van der Waals surface area contributed by atoms with E-state index in [1.807, 2.05) is 49.4 Å². The van der Waals surface area contributed by atoms with Crippen molar-refractivity contribution < 1.29 is 0 Å². The summed E-state index contributed by atoms with van der Waals surface area (Å²) in [5, 5.41) is 4.76. The summed E-state index contributed by atoms with van der Waals surface area (Å²) in [6, 6.07) is 48.4. The quantitative estimate of drug-likeness (QED) is 0.117. The lowest BCUT2D eigenvalue weighted by molar-refractivity contribution is 1.44. The molecule has 0 aliphatic heterocycles. The van der Waals surface area contributed by atoms with E-state index in [-0.39, 0.29) is 0 Å². The standard InChI is InChI=1S/C39H30N2/c1-3-14-37(41-39(32-18-8-5-9-19-32)40-28(2)29-15-6-4-7-16-29)36-24-13-22-31-21-12-23-35(38(31)36)34-26-25-30-17-10-11-20-33(30)27-34/h3-27H,1H2,2H3/b37-14+,40-28?,41-39?. The van der Waals surface area contributed by atoms with E-state index >= 15 is 0 Å². The predicted molar refractivity (Wildman–Crippen MR) is 177 cm³/mol. The third-order valence-electron chi connectivity index (χ3n) is 7.24. The van der Waals surface area contributed by atoms with Crippen molar-refractivity contribution >= 4 is 38.8 Å². The molecule has 0 saturated carbocycles. The fourth-order valence-electron chi connectivity index (χ4n) is 5.21. The van der Waals surface area contributed by atoms with Crippen LogP contribution in [0, 0.1) is 0 Å². The molecule has 2 nitrogen and oxygen atoms in total. The van der Waals surface area contributed by atoms with Crippen LogP contribution in [0.4, 0.5) is 0 Å². The molecule has 0 unspecified atom stereocenters. The number of allylic oxidation sites excluding steroid dienone is 2. The van der Waals surface area contributed by atoms with Crippen LogP contribution in [0.2, 0.25) is 0 Å². The van der Waals surface area contributed by atoms with Crippen LogP contribution in [0.1, 0.15) is 23.6 Å². The Bertz CT molecular complexity index is 1940. The number of amidine groups is 1. The van der Waals surface area contributed by atoms with Crippen molar-refractivity contribution in [2.75, 3.05) is 0 Å². The predicted octanol–water partition coefficient (Wildman–Crippen LogP) is 10.1. The van der Waals surface area contributed by atoms with Crippen LogP contribution < -0.4 is 0 Å². The van der Waals surface area contributed by atoms with Gasteiger partial charge in [-0.1, -0.05) is 146 Å². The largest absolute Gasteiger partial charge is 0.233 e. The van der Waals surface area contributed by atoms with Crippen LogP contribution in [-0.2, 0) is 0 Å². The molecule has 0 bridgehead atoms. The van der Waals surface area contributed by atoms with Gasteiger partial charge in [0.25, 0.3) is 0 Å². The maximum absolute atomic E-state index is 5.23. The molecule has 0 fully saturated rings. The van der Waals surface area contributed by atoms with Crippen molar-refractivity contribution in [1.82, 2.24) is 0 Å². The number of rotatable bonds is 6. The molecule has 0 heterocycles. The molecule has 196 valence electrons. The van der Waals surface area contributed by atoms with E-state index in [4.69, 9.17) is 9.98 Å². The summed E-state index contributed by atoms with van der Waals surface area (Å²) in [7, 11) is 0. The van der Waals surface area contributed by atoms with Gasteiger partial charge >= 0.3 is 0 Å². The van der Waals surface area contributed by atoms with E-state index in [0.717, 1.165) is 38.9 Å². The monoisotopic (exact) mass is 526 g/mol. The molecular weight excluding hydrogens is 496 g/mol. The van der Waals surface area contributed by atoms with Crippen molar-refractivity contribution in [1.29, 1.82) is 0 Å². The number of benzene rings is 6. The van der Waals surface area contributed by atoms with Gasteiger partial charge in [0.15, 0.2) is 5.84 Å². The summed E-state index contributed by atoms with van der Waals surface area (Å²) in [6.07, 6.45) is 3.77. The maximum Gasteiger partial charge on any atom is 0.160 e. The van der Waals surface area contributed by atoms with Gasteiger partial charge in [-0.05, 0) is 57.3 Å². The van der Waals surface area contributed by atoms with Gasteiger partial charge in [0.2, 0.25) is 0 Å². The summed E-state index contributed by atoms with van der Waals surface area (Å²) >= 11 is 0. The Labute approximate surface area is 241 Å². The van der Waals surface area contributed by atoms with E-state index in [0.29, 0.717) is 5.84 Å². The Balaban J connectivity index is 1.56. The van der Waals surface area contributed by atoms with Crippen LogP contribution >= 0.6 is 0 Å². The Kier molecular flexibility index (Phi) is 7.46. The highest BCUT2D eigenvalue weighted by molar-refractivity contribution is 6.14. The molecule has 0 N–H and O–H groups in total. The summed E-state index contributed by atoms with van der Waals surface area (Å²) in [5.74, 6) is 0.653. The third kappa shape index (κ3) is 5.54. The van der Waals surface area contributed by atoms with Gasteiger partial charge in [-0.2, -0.15) is 0 Å². The minimum atomic E-state index is 0.653. The molecule has 6 rings (SSSR count). The molecule has 0 saturated heterocycles. The molecule has 0 aliphatic rings. The second kappa shape index (κ2) is 11.8. The van der Waals surface area contributed by atoms with E-state index in [9.17, 15) is 0 Å². The van der Waals surface area contributed by atoms with Gasteiger partial charge in [-0.25, -0.2) is 9.98 Å². The van der Waals surface area contributed by atoms with Crippen molar-refractivity contribution in [3.63, 3.8) is 0 Å². The molecule has 6 aromatic rings. The second-order valence-electron chi connectivity index (χ2n) is 9.92. The number of hydrogen-bond donors (Lipinski definition) is 0. The van der Waals surface area contributed by atoms with Gasteiger partial charge in [0.05, 0.1) is 5.70 Å². The molecule has 0 aliphatic carbocycles. The minimum Gasteiger partial charge on any atom is -0.233 e. The third-order valence-corrected chi connectivity index (χ3v) is 7.24. The van der Waals surface area contributed by atoms with E-state index in [1.54, 1.807) is 6.08 Å². The summed E-state index contributed by atoms with van der Waals surface area (Å²) in [4.78, 5) is 10.3. The lowest BCUT2D eigenvalue weighted by atomic mass is 9.92. The molecule has 0 atom stereocenters. The second-order valence-corrected chi connectivity index (χ2v) is 9.92. The molecule has 6 aromatic carbocycles. The van der Waals surface area contributed by atoms with Gasteiger partial charge < -0.3 is 0 Å². The zero-order valence-corrected chi connectivity index (χ0v) is 23.0. The van der Waals surface area contributed by atoms with Gasteiger partial charge in [0, 0.05) is 16.8 Å². The zero-order valence-electron chi connectivity index (χ0n) is 23.0. The lowest BCUT2D eigenvalue weighted by Gasteiger charge is -2.14. The molecule has 0 aromatic heterocycles. The average Bonchev–Trinajstić information content (AvgIpc) is 3.04. The SMILES string of the molecule is C=C/C=C(/N=C(N=C(C)c1ccccc1)c1ccccc1)c1cccc2cccc(-c3ccc4ccccc4c3)c12. The number of hydrogen-bond acceptors (Lipinski definition) is 1. The van der Waals surface area contributed by atoms with Crippen molar-refractivity contribution in [3.05, 3.63) is 175 Å². The molecular formula is C39H30N2. The van der Waals surface area contributed by atoms with Gasteiger partial charge in [-0.3, -0.25) is 0 Å². The first-order valence-corrected chi connectivity index (χ1v) is 13.8. The Morgan fingerprint density at radius 2 is 1.22 bits per heavy atom. The number of aliphatic imine (C=N–C) groups is 2. The van der Waals surface area contributed by atoms with E-state index in [2.05, 4.69) is 110 Å². The molecule has 41 heavy (non-hydrogen) atoms. The smallest absolute Gasteiger partial charge is 0.160 e. The summed E-state index contributed by atoms with van der Waals surface area (Å²) in [5.41, 5.74) is 7.10. The van der Waals surface area contributed by atoms with Crippen molar-refractivity contribution in [3.8, 4) is 11.1 Å². The maximum atomic E-state index is 5.23. The van der Waals surface area contributed by atoms with Gasteiger partial charge in [0.1, 0.15) is 0 Å². The fourth-order valence-corrected chi connectivity index (χ4v) is 5.21. The average molecular weight is 527 g/mol. The zero-order chi connectivity index (χ0) is 28.0. The molecule has 0 spiro atoms. The highest BCUT2D eigenvalue weighted by atomic mass is 14.9. The Morgan fingerprint density at radius 1 is 0.585 bits per heavy atom. The number of nitrogens with zero attached hydrogens (tertiary/aromatic N) is 2. The first-order valence-electron chi connectivity index (χ1n) is 13.8. The normalized spacial score (nSPS) is 12.6. The Hall–Kier alpha value is -5.34. The molecule has 0 radical (unpaired) electrons. The highest BCUT2D eigenvalue weighted by Crippen LogP contribution is 2.36. The van der Waals surface area contributed by atoms with Crippen LogP contribution in [0.15, 0.2) is 168 Å².